The molecule has 0 saturated heterocycles. The Morgan fingerprint density at radius 2 is 1.94 bits per heavy atom. The van der Waals surface area contributed by atoms with Gasteiger partial charge in [0.15, 0.2) is 0 Å². The molecule has 0 aliphatic rings. The molecule has 1 nitrogen and oxygen atoms in total. The molecule has 0 amide bonds. The second-order valence-electron chi connectivity index (χ2n) is 4.65. The lowest BCUT2D eigenvalue weighted by Gasteiger charge is -2.07. The maximum atomic E-state index is 3.58. The van der Waals surface area contributed by atoms with Crippen LogP contribution >= 0.6 is 15.9 Å². The van der Waals surface area contributed by atoms with Crippen LogP contribution in [0.3, 0.4) is 0 Å². The van der Waals surface area contributed by atoms with Crippen LogP contribution in [0.15, 0.2) is 28.7 Å². The Labute approximate surface area is 108 Å². The summed E-state index contributed by atoms with van der Waals surface area (Å²) in [6, 6.07) is 8.49. The summed E-state index contributed by atoms with van der Waals surface area (Å²) in [4.78, 5) is 0. The van der Waals surface area contributed by atoms with Crippen molar-refractivity contribution in [2.24, 2.45) is 5.92 Å². The largest absolute Gasteiger partial charge is 0.316 e. The van der Waals surface area contributed by atoms with E-state index in [0.717, 1.165) is 19.0 Å². The molecule has 0 bridgehead atoms. The van der Waals surface area contributed by atoms with Crippen molar-refractivity contribution in [1.29, 1.82) is 0 Å². The molecule has 0 spiro atoms. The van der Waals surface area contributed by atoms with Crippen molar-refractivity contribution in [2.75, 3.05) is 13.1 Å². The van der Waals surface area contributed by atoms with Crippen LogP contribution < -0.4 is 5.32 Å². The van der Waals surface area contributed by atoms with Gasteiger partial charge in [-0.2, -0.15) is 0 Å². The van der Waals surface area contributed by atoms with E-state index in [-0.39, 0.29) is 0 Å². The summed E-state index contributed by atoms with van der Waals surface area (Å²) in [5.41, 5.74) is 1.42. The molecular weight excluding hydrogens is 262 g/mol. The van der Waals surface area contributed by atoms with E-state index in [1.807, 2.05) is 0 Å². The summed E-state index contributed by atoms with van der Waals surface area (Å²) >= 11 is 3.58. The zero-order valence-corrected chi connectivity index (χ0v) is 11.9. The molecule has 1 rings (SSSR count). The fraction of sp³-hybridized carbons (Fsp3) is 0.571. The lowest BCUT2D eigenvalue weighted by atomic mass is 10.1. The van der Waals surface area contributed by atoms with Gasteiger partial charge in [0.25, 0.3) is 0 Å². The summed E-state index contributed by atoms with van der Waals surface area (Å²) in [5.74, 6) is 0.753. The Morgan fingerprint density at radius 1 is 1.19 bits per heavy atom. The SMILES string of the molecule is CC(C)CNCCCCc1ccccc1Br. The van der Waals surface area contributed by atoms with Gasteiger partial charge >= 0.3 is 0 Å². The van der Waals surface area contributed by atoms with Crippen LogP contribution in [0.1, 0.15) is 32.3 Å². The molecule has 0 aliphatic carbocycles. The molecule has 1 aromatic carbocycles. The number of nitrogens with one attached hydrogen (secondary N) is 1. The van der Waals surface area contributed by atoms with E-state index in [1.165, 1.54) is 29.3 Å². The van der Waals surface area contributed by atoms with Crippen molar-refractivity contribution >= 4 is 15.9 Å². The van der Waals surface area contributed by atoms with Gasteiger partial charge < -0.3 is 5.32 Å². The fourth-order valence-corrected chi connectivity index (χ4v) is 2.14. The highest BCUT2D eigenvalue weighted by Gasteiger charge is 1.98. The average molecular weight is 284 g/mol. The number of rotatable bonds is 7. The van der Waals surface area contributed by atoms with Gasteiger partial charge in [-0.25, -0.2) is 0 Å². The Hall–Kier alpha value is -0.340. The van der Waals surface area contributed by atoms with Gasteiger partial charge in [0.05, 0.1) is 0 Å². The number of halogens is 1. The van der Waals surface area contributed by atoms with E-state index in [9.17, 15) is 0 Å². The van der Waals surface area contributed by atoms with Gasteiger partial charge in [0.2, 0.25) is 0 Å². The highest BCUT2D eigenvalue weighted by atomic mass is 79.9. The van der Waals surface area contributed by atoms with Crippen molar-refractivity contribution in [3.05, 3.63) is 34.3 Å². The molecule has 0 radical (unpaired) electrons. The minimum atomic E-state index is 0.753. The normalized spacial score (nSPS) is 11.0. The third kappa shape index (κ3) is 5.66. The van der Waals surface area contributed by atoms with Crippen molar-refractivity contribution < 1.29 is 0 Å². The number of hydrogen-bond acceptors (Lipinski definition) is 1. The minimum Gasteiger partial charge on any atom is -0.316 e. The summed E-state index contributed by atoms with van der Waals surface area (Å²) in [6.45, 7) is 6.76. The highest BCUT2D eigenvalue weighted by Crippen LogP contribution is 2.17. The molecule has 0 aliphatic heterocycles. The summed E-state index contributed by atoms with van der Waals surface area (Å²) in [5, 5.41) is 3.47. The molecule has 0 unspecified atom stereocenters. The summed E-state index contributed by atoms with van der Waals surface area (Å²) in [6.07, 6.45) is 3.69. The van der Waals surface area contributed by atoms with E-state index >= 15 is 0 Å². The van der Waals surface area contributed by atoms with Gasteiger partial charge in [-0.1, -0.05) is 48.0 Å². The molecule has 2 heteroatoms. The maximum Gasteiger partial charge on any atom is 0.0207 e. The molecule has 0 fully saturated rings. The van der Waals surface area contributed by atoms with E-state index in [2.05, 4.69) is 59.4 Å². The molecule has 0 saturated carbocycles. The van der Waals surface area contributed by atoms with Crippen molar-refractivity contribution in [3.63, 3.8) is 0 Å². The standard InChI is InChI=1S/C14H22BrN/c1-12(2)11-16-10-6-5-8-13-7-3-4-9-14(13)15/h3-4,7,9,12,16H,5-6,8,10-11H2,1-2H3. The van der Waals surface area contributed by atoms with Gasteiger partial charge in [-0.15, -0.1) is 0 Å². The minimum absolute atomic E-state index is 0.753. The first-order valence-corrected chi connectivity index (χ1v) is 6.93. The first-order chi connectivity index (χ1) is 7.70. The zero-order valence-electron chi connectivity index (χ0n) is 10.3. The van der Waals surface area contributed by atoms with Crippen molar-refractivity contribution in [3.8, 4) is 0 Å². The van der Waals surface area contributed by atoms with Gasteiger partial charge in [-0.3, -0.25) is 0 Å². The Morgan fingerprint density at radius 3 is 2.62 bits per heavy atom. The predicted octanol–water partition coefficient (Wildman–Crippen LogP) is 4.02. The number of unbranched alkanes of at least 4 members (excludes halogenated alkanes) is 1. The molecular formula is C14H22BrN. The van der Waals surface area contributed by atoms with Crippen molar-refractivity contribution in [2.45, 2.75) is 33.1 Å². The number of hydrogen-bond donors (Lipinski definition) is 1. The molecule has 0 atom stereocenters. The molecule has 90 valence electrons. The van der Waals surface area contributed by atoms with Gasteiger partial charge in [0, 0.05) is 4.47 Å². The van der Waals surface area contributed by atoms with Crippen LogP contribution in [0, 0.1) is 5.92 Å². The Kier molecular flexibility index (Phi) is 6.74. The second-order valence-corrected chi connectivity index (χ2v) is 5.50. The molecule has 16 heavy (non-hydrogen) atoms. The lowest BCUT2D eigenvalue weighted by Crippen LogP contribution is -2.20. The van der Waals surface area contributed by atoms with Crippen LogP contribution in [0.5, 0.6) is 0 Å². The maximum absolute atomic E-state index is 3.58. The Balaban J connectivity index is 2.10. The Bertz CT molecular complexity index is 297. The smallest absolute Gasteiger partial charge is 0.0207 e. The quantitative estimate of drug-likeness (QED) is 0.746. The summed E-state index contributed by atoms with van der Waals surface area (Å²) < 4.78 is 1.24. The van der Waals surface area contributed by atoms with E-state index < -0.39 is 0 Å². The van der Waals surface area contributed by atoms with Crippen LogP contribution in [-0.4, -0.2) is 13.1 Å². The highest BCUT2D eigenvalue weighted by molar-refractivity contribution is 9.10. The topological polar surface area (TPSA) is 12.0 Å². The lowest BCUT2D eigenvalue weighted by molar-refractivity contribution is 0.535. The van der Waals surface area contributed by atoms with Crippen molar-refractivity contribution in [1.82, 2.24) is 5.32 Å². The first kappa shape index (κ1) is 13.7. The number of aryl methyl sites for hydroxylation is 1. The monoisotopic (exact) mass is 283 g/mol. The van der Waals surface area contributed by atoms with Crippen LogP contribution in [0.4, 0.5) is 0 Å². The summed E-state index contributed by atoms with van der Waals surface area (Å²) in [7, 11) is 0. The third-order valence-electron chi connectivity index (χ3n) is 2.56. The number of benzene rings is 1. The van der Waals surface area contributed by atoms with Gasteiger partial charge in [-0.05, 0) is 49.9 Å². The average Bonchev–Trinajstić information content (AvgIpc) is 2.25. The second kappa shape index (κ2) is 7.86. The van der Waals surface area contributed by atoms with Gasteiger partial charge in [0.1, 0.15) is 0 Å². The van der Waals surface area contributed by atoms with Crippen LogP contribution in [0.25, 0.3) is 0 Å². The first-order valence-electron chi connectivity index (χ1n) is 6.14. The van der Waals surface area contributed by atoms with Crippen LogP contribution in [-0.2, 0) is 6.42 Å². The molecule has 0 heterocycles. The van der Waals surface area contributed by atoms with E-state index in [0.29, 0.717) is 0 Å². The third-order valence-corrected chi connectivity index (χ3v) is 3.33. The molecule has 0 aromatic heterocycles. The van der Waals surface area contributed by atoms with Crippen LogP contribution in [0.2, 0.25) is 0 Å². The molecule has 1 aromatic rings. The zero-order chi connectivity index (χ0) is 11.8. The molecule has 1 N–H and O–H groups in total. The predicted molar refractivity (Wildman–Crippen MR) is 74.8 cm³/mol. The fourth-order valence-electron chi connectivity index (χ4n) is 1.66. The van der Waals surface area contributed by atoms with E-state index in [1.54, 1.807) is 0 Å². The van der Waals surface area contributed by atoms with E-state index in [4.69, 9.17) is 0 Å².